The van der Waals surface area contributed by atoms with Gasteiger partial charge in [-0.15, -0.1) is 0 Å². The zero-order chi connectivity index (χ0) is 12.1. The smallest absolute Gasteiger partial charge is 0.221 e. The first-order valence-electron chi connectivity index (χ1n) is 7.28. The van der Waals surface area contributed by atoms with Crippen LogP contribution < -0.4 is 10.6 Å². The predicted molar refractivity (Wildman–Crippen MR) is 69.8 cm³/mol. The molecule has 3 heteroatoms. The Morgan fingerprint density at radius 2 is 1.94 bits per heavy atom. The molecule has 2 rings (SSSR count). The van der Waals surface area contributed by atoms with Crippen molar-refractivity contribution in [2.75, 3.05) is 6.54 Å². The fourth-order valence-corrected chi connectivity index (χ4v) is 3.16. The highest BCUT2D eigenvalue weighted by molar-refractivity contribution is 5.76. The summed E-state index contributed by atoms with van der Waals surface area (Å²) in [6, 6.07) is 1.04. The van der Waals surface area contributed by atoms with Gasteiger partial charge in [-0.25, -0.2) is 0 Å². The summed E-state index contributed by atoms with van der Waals surface area (Å²) in [5.74, 6) is 0.991. The quantitative estimate of drug-likeness (QED) is 0.724. The van der Waals surface area contributed by atoms with Gasteiger partial charge in [-0.1, -0.05) is 26.2 Å². The lowest BCUT2D eigenvalue weighted by molar-refractivity contribution is -0.121. The topological polar surface area (TPSA) is 41.1 Å². The van der Waals surface area contributed by atoms with Crippen LogP contribution in [0.25, 0.3) is 0 Å². The number of nitrogens with one attached hydrogen (secondary N) is 2. The van der Waals surface area contributed by atoms with Crippen molar-refractivity contribution in [3.8, 4) is 0 Å². The van der Waals surface area contributed by atoms with Crippen LogP contribution in [0.5, 0.6) is 0 Å². The Kier molecular flexibility index (Phi) is 4.84. The molecule has 17 heavy (non-hydrogen) atoms. The van der Waals surface area contributed by atoms with Gasteiger partial charge in [0.1, 0.15) is 0 Å². The van der Waals surface area contributed by atoms with Crippen LogP contribution in [0.4, 0.5) is 0 Å². The summed E-state index contributed by atoms with van der Waals surface area (Å²) in [6.07, 6.45) is 9.67. The van der Waals surface area contributed by atoms with Crippen molar-refractivity contribution in [3.05, 3.63) is 0 Å². The molecule has 0 radical (unpaired) electrons. The lowest BCUT2D eigenvalue weighted by Gasteiger charge is -2.27. The Balaban J connectivity index is 1.86. The van der Waals surface area contributed by atoms with E-state index in [4.69, 9.17) is 0 Å². The first-order chi connectivity index (χ1) is 8.25. The van der Waals surface area contributed by atoms with E-state index in [-0.39, 0.29) is 5.91 Å². The molecule has 2 fully saturated rings. The van der Waals surface area contributed by atoms with Crippen molar-refractivity contribution in [1.29, 1.82) is 0 Å². The van der Waals surface area contributed by atoms with E-state index in [0.717, 1.165) is 25.3 Å². The Morgan fingerprint density at radius 1 is 1.12 bits per heavy atom. The van der Waals surface area contributed by atoms with Crippen LogP contribution in [0.3, 0.4) is 0 Å². The van der Waals surface area contributed by atoms with Crippen molar-refractivity contribution in [3.63, 3.8) is 0 Å². The monoisotopic (exact) mass is 238 g/mol. The first kappa shape index (κ1) is 12.9. The van der Waals surface area contributed by atoms with Crippen LogP contribution in [-0.2, 0) is 4.79 Å². The molecule has 3 atom stereocenters. The number of hydrogen-bond donors (Lipinski definition) is 2. The molecule has 1 saturated heterocycles. The molecule has 0 aromatic carbocycles. The molecule has 0 spiro atoms. The van der Waals surface area contributed by atoms with Gasteiger partial charge in [-0.3, -0.25) is 4.79 Å². The highest BCUT2D eigenvalue weighted by atomic mass is 16.1. The lowest BCUT2D eigenvalue weighted by atomic mass is 9.95. The second-order valence-corrected chi connectivity index (χ2v) is 5.78. The number of hydrogen-bond acceptors (Lipinski definition) is 2. The Bertz CT molecular complexity index is 255. The standard InChI is InChI=1S/C14H26N2O/c1-11-6-3-2-4-8-13(11)16-12-7-5-9-15-14(17)10-12/h11-13,16H,2-10H2,1H3,(H,15,17). The molecule has 1 aliphatic carbocycles. The van der Waals surface area contributed by atoms with Gasteiger partial charge in [0.05, 0.1) is 0 Å². The van der Waals surface area contributed by atoms with Crippen molar-refractivity contribution >= 4 is 5.91 Å². The maximum atomic E-state index is 11.5. The molecule has 1 aliphatic heterocycles. The van der Waals surface area contributed by atoms with E-state index < -0.39 is 0 Å². The molecule has 1 amide bonds. The number of amides is 1. The second kappa shape index (κ2) is 6.39. The molecule has 0 aromatic rings. The Labute approximate surface area is 105 Å². The largest absolute Gasteiger partial charge is 0.356 e. The maximum Gasteiger partial charge on any atom is 0.221 e. The van der Waals surface area contributed by atoms with Crippen LogP contribution in [0.1, 0.15) is 58.3 Å². The van der Waals surface area contributed by atoms with E-state index >= 15 is 0 Å². The molecule has 0 bridgehead atoms. The minimum Gasteiger partial charge on any atom is -0.356 e. The molecule has 3 unspecified atom stereocenters. The van der Waals surface area contributed by atoms with Gasteiger partial charge < -0.3 is 10.6 Å². The average Bonchev–Trinajstić information content (AvgIpc) is 2.61. The van der Waals surface area contributed by atoms with Crippen LogP contribution in [0.2, 0.25) is 0 Å². The third-order valence-electron chi connectivity index (χ3n) is 4.29. The molecule has 1 saturated carbocycles. The number of carbonyl (C=O) groups excluding carboxylic acids is 1. The van der Waals surface area contributed by atoms with Gasteiger partial charge >= 0.3 is 0 Å². The molecular formula is C14H26N2O. The number of rotatable bonds is 2. The minimum atomic E-state index is 0.223. The molecule has 2 N–H and O–H groups in total. The fraction of sp³-hybridized carbons (Fsp3) is 0.929. The highest BCUT2D eigenvalue weighted by Gasteiger charge is 2.24. The molecular weight excluding hydrogens is 212 g/mol. The molecule has 98 valence electrons. The van der Waals surface area contributed by atoms with E-state index in [2.05, 4.69) is 17.6 Å². The predicted octanol–water partition coefficient (Wildman–Crippen LogP) is 2.21. The van der Waals surface area contributed by atoms with Crippen LogP contribution in [-0.4, -0.2) is 24.5 Å². The highest BCUT2D eigenvalue weighted by Crippen LogP contribution is 2.24. The van der Waals surface area contributed by atoms with Gasteiger partial charge in [-0.05, 0) is 31.6 Å². The van der Waals surface area contributed by atoms with Crippen molar-refractivity contribution < 1.29 is 4.79 Å². The van der Waals surface area contributed by atoms with Gasteiger partial charge in [0, 0.05) is 25.0 Å². The van der Waals surface area contributed by atoms with E-state index in [1.54, 1.807) is 0 Å². The maximum absolute atomic E-state index is 11.5. The van der Waals surface area contributed by atoms with Crippen LogP contribution in [0, 0.1) is 5.92 Å². The molecule has 1 heterocycles. The van der Waals surface area contributed by atoms with Crippen molar-refractivity contribution in [2.45, 2.75) is 70.4 Å². The lowest BCUT2D eigenvalue weighted by Crippen LogP contribution is -2.42. The minimum absolute atomic E-state index is 0.223. The summed E-state index contributed by atoms with van der Waals surface area (Å²) < 4.78 is 0. The SMILES string of the molecule is CC1CCCCCC1NC1CCCNC(=O)C1. The third kappa shape index (κ3) is 3.98. The van der Waals surface area contributed by atoms with Crippen molar-refractivity contribution in [2.24, 2.45) is 5.92 Å². The number of carbonyl (C=O) groups is 1. The van der Waals surface area contributed by atoms with E-state index in [0.29, 0.717) is 18.5 Å². The summed E-state index contributed by atoms with van der Waals surface area (Å²) in [7, 11) is 0. The van der Waals surface area contributed by atoms with Crippen molar-refractivity contribution in [1.82, 2.24) is 10.6 Å². The summed E-state index contributed by atoms with van der Waals surface area (Å²) in [4.78, 5) is 11.5. The van der Waals surface area contributed by atoms with E-state index in [9.17, 15) is 4.79 Å². The van der Waals surface area contributed by atoms with Crippen LogP contribution >= 0.6 is 0 Å². The second-order valence-electron chi connectivity index (χ2n) is 5.78. The summed E-state index contributed by atoms with van der Waals surface area (Å²) in [6.45, 7) is 3.22. The summed E-state index contributed by atoms with van der Waals surface area (Å²) in [5, 5.41) is 6.71. The zero-order valence-electron chi connectivity index (χ0n) is 11.0. The average molecular weight is 238 g/mol. The van der Waals surface area contributed by atoms with E-state index in [1.807, 2.05) is 0 Å². The molecule has 2 aliphatic rings. The third-order valence-corrected chi connectivity index (χ3v) is 4.29. The van der Waals surface area contributed by atoms with Gasteiger partial charge in [0.2, 0.25) is 5.91 Å². The summed E-state index contributed by atoms with van der Waals surface area (Å²) >= 11 is 0. The Hall–Kier alpha value is -0.570. The molecule has 3 nitrogen and oxygen atoms in total. The van der Waals surface area contributed by atoms with Gasteiger partial charge in [0.15, 0.2) is 0 Å². The van der Waals surface area contributed by atoms with E-state index in [1.165, 1.54) is 32.1 Å². The van der Waals surface area contributed by atoms with Gasteiger partial charge in [-0.2, -0.15) is 0 Å². The first-order valence-corrected chi connectivity index (χ1v) is 7.28. The van der Waals surface area contributed by atoms with Gasteiger partial charge in [0.25, 0.3) is 0 Å². The molecule has 0 aromatic heterocycles. The Morgan fingerprint density at radius 3 is 2.82 bits per heavy atom. The fourth-order valence-electron chi connectivity index (χ4n) is 3.16. The van der Waals surface area contributed by atoms with Crippen LogP contribution in [0.15, 0.2) is 0 Å². The normalized spacial score (nSPS) is 35.8. The zero-order valence-corrected chi connectivity index (χ0v) is 11.0. The summed E-state index contributed by atoms with van der Waals surface area (Å²) in [5.41, 5.74) is 0.